The third-order valence-corrected chi connectivity index (χ3v) is 6.31. The van der Waals surface area contributed by atoms with Crippen molar-refractivity contribution < 1.29 is 8.42 Å². The van der Waals surface area contributed by atoms with Crippen molar-refractivity contribution in [3.63, 3.8) is 0 Å². The lowest BCUT2D eigenvalue weighted by molar-refractivity contribution is 0.600. The van der Waals surface area contributed by atoms with Crippen LogP contribution < -0.4 is 4.72 Å². The first-order valence-corrected chi connectivity index (χ1v) is 9.65. The summed E-state index contributed by atoms with van der Waals surface area (Å²) < 4.78 is 27.9. The molecule has 0 radical (unpaired) electrons. The molecule has 0 aliphatic carbocycles. The number of nitrogens with one attached hydrogen (secondary N) is 1. The van der Waals surface area contributed by atoms with E-state index in [0.29, 0.717) is 10.7 Å². The summed E-state index contributed by atoms with van der Waals surface area (Å²) in [6.45, 7) is 5.57. The molecule has 0 aliphatic rings. The lowest BCUT2D eigenvalue weighted by Crippen LogP contribution is -2.14. The van der Waals surface area contributed by atoms with Crippen LogP contribution in [0.2, 0.25) is 0 Å². The van der Waals surface area contributed by atoms with E-state index in [0.717, 1.165) is 21.7 Å². The van der Waals surface area contributed by atoms with Gasteiger partial charge in [0.05, 0.1) is 15.5 Å². The lowest BCUT2D eigenvalue weighted by Gasteiger charge is -2.08. The molecular formula is C17H17N3O2S2. The van der Waals surface area contributed by atoms with Gasteiger partial charge in [-0.25, -0.2) is 13.4 Å². The Balaban J connectivity index is 1.94. The predicted molar refractivity (Wildman–Crippen MR) is 96.8 cm³/mol. The Morgan fingerprint density at radius 3 is 2.58 bits per heavy atom. The molecule has 1 N–H and O–H groups in total. The fourth-order valence-corrected chi connectivity index (χ4v) is 4.89. The minimum Gasteiger partial charge on any atom is -0.264 e. The Bertz CT molecular complexity index is 980. The average Bonchev–Trinajstić information content (AvgIpc) is 2.87. The monoisotopic (exact) mass is 359 g/mol. The van der Waals surface area contributed by atoms with Crippen LogP contribution in [0.5, 0.6) is 0 Å². The van der Waals surface area contributed by atoms with Crippen LogP contribution in [-0.2, 0) is 10.0 Å². The zero-order valence-corrected chi connectivity index (χ0v) is 15.2. The summed E-state index contributed by atoms with van der Waals surface area (Å²) in [5.74, 6) is 0. The number of thiazole rings is 1. The Kier molecular flexibility index (Phi) is 4.38. The highest BCUT2D eigenvalue weighted by atomic mass is 32.2. The van der Waals surface area contributed by atoms with E-state index in [9.17, 15) is 8.42 Å². The molecule has 0 atom stereocenters. The van der Waals surface area contributed by atoms with Crippen LogP contribution in [0, 0.1) is 20.8 Å². The number of pyridine rings is 1. The van der Waals surface area contributed by atoms with Crippen molar-refractivity contribution in [3.8, 4) is 10.4 Å². The number of aryl methyl sites for hydroxylation is 3. The molecule has 2 heterocycles. The van der Waals surface area contributed by atoms with Crippen molar-refractivity contribution in [2.24, 2.45) is 0 Å². The molecule has 2 aromatic heterocycles. The highest BCUT2D eigenvalue weighted by Gasteiger charge is 2.20. The second-order valence-corrected chi connectivity index (χ2v) is 8.20. The van der Waals surface area contributed by atoms with Crippen molar-refractivity contribution in [1.82, 2.24) is 9.97 Å². The highest BCUT2D eigenvalue weighted by Crippen LogP contribution is 2.33. The Labute approximate surface area is 145 Å². The molecule has 0 fully saturated rings. The summed E-state index contributed by atoms with van der Waals surface area (Å²) in [5.41, 5.74) is 3.43. The Hall–Kier alpha value is -2.25. The zero-order chi connectivity index (χ0) is 17.3. The highest BCUT2D eigenvalue weighted by molar-refractivity contribution is 7.93. The van der Waals surface area contributed by atoms with Gasteiger partial charge < -0.3 is 0 Å². The topological polar surface area (TPSA) is 72.0 Å². The number of benzene rings is 1. The molecule has 0 spiro atoms. The van der Waals surface area contributed by atoms with Gasteiger partial charge >= 0.3 is 0 Å². The lowest BCUT2D eigenvalue weighted by atomic mass is 10.2. The molecule has 0 unspecified atom stereocenters. The van der Waals surface area contributed by atoms with Crippen molar-refractivity contribution in [3.05, 3.63) is 59.5 Å². The molecule has 3 rings (SSSR count). The number of hydrogen-bond acceptors (Lipinski definition) is 5. The van der Waals surface area contributed by atoms with Gasteiger partial charge in [0, 0.05) is 18.0 Å². The number of anilines is 1. The van der Waals surface area contributed by atoms with Crippen molar-refractivity contribution in [2.75, 3.05) is 4.72 Å². The molecular weight excluding hydrogens is 342 g/mol. The first-order valence-electron chi connectivity index (χ1n) is 7.35. The molecule has 3 aromatic rings. The van der Waals surface area contributed by atoms with Gasteiger partial charge in [0.15, 0.2) is 5.13 Å². The number of sulfonamides is 1. The van der Waals surface area contributed by atoms with Gasteiger partial charge in [-0.05, 0) is 38.5 Å². The summed E-state index contributed by atoms with van der Waals surface area (Å²) >= 11 is 1.30. The molecule has 124 valence electrons. The molecule has 0 amide bonds. The van der Waals surface area contributed by atoms with Gasteiger partial charge in [0.1, 0.15) is 0 Å². The van der Waals surface area contributed by atoms with E-state index in [1.807, 2.05) is 32.0 Å². The smallest absolute Gasteiger partial charge is 0.263 e. The third kappa shape index (κ3) is 3.32. The van der Waals surface area contributed by atoms with Gasteiger partial charge in [-0.2, -0.15) is 0 Å². The van der Waals surface area contributed by atoms with E-state index < -0.39 is 10.0 Å². The summed E-state index contributed by atoms with van der Waals surface area (Å²) in [5, 5.41) is 0.353. The quantitative estimate of drug-likeness (QED) is 0.766. The second kappa shape index (κ2) is 6.33. The van der Waals surface area contributed by atoms with Crippen LogP contribution in [-0.4, -0.2) is 18.4 Å². The maximum atomic E-state index is 12.6. The average molecular weight is 359 g/mol. The number of aromatic nitrogens is 2. The Morgan fingerprint density at radius 1 is 1.12 bits per heavy atom. The maximum absolute atomic E-state index is 12.6. The molecule has 7 heteroatoms. The maximum Gasteiger partial charge on any atom is 0.263 e. The van der Waals surface area contributed by atoms with Crippen LogP contribution in [0.25, 0.3) is 10.4 Å². The van der Waals surface area contributed by atoms with Crippen molar-refractivity contribution in [2.45, 2.75) is 25.7 Å². The second-order valence-electron chi connectivity index (χ2n) is 5.55. The molecule has 5 nitrogen and oxygen atoms in total. The summed E-state index contributed by atoms with van der Waals surface area (Å²) in [6, 6.07) is 9.03. The minimum absolute atomic E-state index is 0.267. The van der Waals surface area contributed by atoms with Crippen LogP contribution in [0.4, 0.5) is 5.13 Å². The van der Waals surface area contributed by atoms with E-state index in [1.165, 1.54) is 11.3 Å². The molecule has 0 bridgehead atoms. The first-order chi connectivity index (χ1) is 11.4. The summed E-state index contributed by atoms with van der Waals surface area (Å²) in [4.78, 5) is 9.61. The molecule has 0 aliphatic heterocycles. The van der Waals surface area contributed by atoms with E-state index >= 15 is 0 Å². The first kappa shape index (κ1) is 16.6. The van der Waals surface area contributed by atoms with E-state index in [1.54, 1.807) is 31.5 Å². The largest absolute Gasteiger partial charge is 0.264 e. The van der Waals surface area contributed by atoms with Gasteiger partial charge in [-0.1, -0.05) is 35.1 Å². The van der Waals surface area contributed by atoms with Crippen molar-refractivity contribution >= 4 is 26.5 Å². The number of rotatable bonds is 4. The fourth-order valence-electron chi connectivity index (χ4n) is 2.48. The fraction of sp³-hybridized carbons (Fsp3) is 0.176. The Morgan fingerprint density at radius 2 is 1.92 bits per heavy atom. The SMILES string of the molecule is Cc1ccc(S(=O)(=O)Nc2nc(C)c(-c3cccnc3)s2)c(C)c1. The standard InChI is InChI=1S/C17H17N3O2S2/c1-11-6-7-15(12(2)9-11)24(21,22)20-17-19-13(3)16(23-17)14-5-4-8-18-10-14/h4-10H,1-3H3,(H,19,20). The molecule has 0 saturated heterocycles. The summed E-state index contributed by atoms with van der Waals surface area (Å²) in [6.07, 6.45) is 3.44. The molecule has 0 saturated carbocycles. The normalized spacial score (nSPS) is 11.5. The van der Waals surface area contributed by atoms with Crippen LogP contribution in [0.1, 0.15) is 16.8 Å². The van der Waals surface area contributed by atoms with Crippen LogP contribution in [0.15, 0.2) is 47.6 Å². The number of hydrogen-bond donors (Lipinski definition) is 1. The van der Waals surface area contributed by atoms with Crippen molar-refractivity contribution in [1.29, 1.82) is 0 Å². The van der Waals surface area contributed by atoms with Gasteiger partial charge in [-0.15, -0.1) is 0 Å². The number of nitrogens with zero attached hydrogens (tertiary/aromatic N) is 2. The van der Waals surface area contributed by atoms with Gasteiger partial charge in [0.2, 0.25) is 0 Å². The summed E-state index contributed by atoms with van der Waals surface area (Å²) in [7, 11) is -3.66. The van der Waals surface area contributed by atoms with Crippen LogP contribution in [0.3, 0.4) is 0 Å². The van der Waals surface area contributed by atoms with Gasteiger partial charge in [0.25, 0.3) is 10.0 Å². The predicted octanol–water partition coefficient (Wildman–Crippen LogP) is 3.93. The van der Waals surface area contributed by atoms with E-state index in [4.69, 9.17) is 0 Å². The van der Waals surface area contributed by atoms with E-state index in [-0.39, 0.29) is 4.90 Å². The van der Waals surface area contributed by atoms with Gasteiger partial charge in [-0.3, -0.25) is 9.71 Å². The van der Waals surface area contributed by atoms with E-state index in [2.05, 4.69) is 14.7 Å². The molecule has 24 heavy (non-hydrogen) atoms. The van der Waals surface area contributed by atoms with Crippen LogP contribution >= 0.6 is 11.3 Å². The zero-order valence-electron chi connectivity index (χ0n) is 13.6. The molecule has 1 aromatic carbocycles. The minimum atomic E-state index is -3.66. The third-order valence-electron chi connectivity index (χ3n) is 3.56.